The number of aromatic nitrogens is 2. The largest absolute Gasteiger partial charge is 0.467 e. The SMILES string of the molecule is COC(=O)C1CCNC(=O)CCSc2cc(nc(N)n2)-c2cc(c(C)cc2C)C(=O)N1. The van der Waals surface area contributed by atoms with Crippen LogP contribution in [0.2, 0.25) is 0 Å². The summed E-state index contributed by atoms with van der Waals surface area (Å²) in [6.45, 7) is 3.98. The van der Waals surface area contributed by atoms with Crippen molar-refractivity contribution in [3.63, 3.8) is 0 Å². The maximum atomic E-state index is 13.0. The first-order chi connectivity index (χ1) is 14.8. The standard InChI is InChI=1S/C21H25N5O4S/c1-11-8-12(2)14-9-13(11)16-10-18(26-21(22)25-16)31-7-5-17(27)23-6-4-15(20(29)30-3)24-19(14)28/h8-10,15H,4-7H2,1-3H3,(H,23,27)(H,24,28)(H2,22,25,26). The average molecular weight is 444 g/mol. The Balaban J connectivity index is 2.07. The van der Waals surface area contributed by atoms with Gasteiger partial charge in [0.2, 0.25) is 11.9 Å². The quantitative estimate of drug-likeness (QED) is 0.447. The first kappa shape index (κ1) is 22.5. The van der Waals surface area contributed by atoms with E-state index in [9.17, 15) is 14.4 Å². The van der Waals surface area contributed by atoms with Gasteiger partial charge in [0.1, 0.15) is 11.1 Å². The number of thioether (sulfide) groups is 1. The summed E-state index contributed by atoms with van der Waals surface area (Å²) in [6.07, 6.45) is 0.487. The lowest BCUT2D eigenvalue weighted by atomic mass is 9.97. The summed E-state index contributed by atoms with van der Waals surface area (Å²) < 4.78 is 4.82. The highest BCUT2D eigenvalue weighted by atomic mass is 32.2. The summed E-state index contributed by atoms with van der Waals surface area (Å²) >= 11 is 1.40. The molecule has 0 saturated carbocycles. The number of rotatable bonds is 1. The maximum absolute atomic E-state index is 13.0. The molecule has 1 aromatic carbocycles. The Kier molecular flexibility index (Phi) is 7.11. The predicted octanol–water partition coefficient (Wildman–Crippen LogP) is 1.62. The zero-order chi connectivity index (χ0) is 22.5. The fourth-order valence-corrected chi connectivity index (χ4v) is 4.20. The van der Waals surface area contributed by atoms with Gasteiger partial charge in [0.15, 0.2) is 0 Å². The summed E-state index contributed by atoms with van der Waals surface area (Å²) in [5, 5.41) is 6.14. The number of esters is 1. The van der Waals surface area contributed by atoms with E-state index in [0.29, 0.717) is 22.0 Å². The van der Waals surface area contributed by atoms with E-state index in [2.05, 4.69) is 20.6 Å². The molecule has 1 aromatic heterocycles. The molecule has 2 amide bonds. The lowest BCUT2D eigenvalue weighted by molar-refractivity contribution is -0.143. The molecule has 4 bridgehead atoms. The van der Waals surface area contributed by atoms with E-state index in [4.69, 9.17) is 10.5 Å². The molecular formula is C21H25N5O4S. The van der Waals surface area contributed by atoms with Crippen molar-refractivity contribution in [1.29, 1.82) is 0 Å². The van der Waals surface area contributed by atoms with Gasteiger partial charge >= 0.3 is 5.97 Å². The van der Waals surface area contributed by atoms with Crippen LogP contribution in [0.3, 0.4) is 0 Å². The summed E-state index contributed by atoms with van der Waals surface area (Å²) in [4.78, 5) is 45.9. The van der Waals surface area contributed by atoms with E-state index in [1.165, 1.54) is 18.9 Å². The molecule has 0 saturated heterocycles. The van der Waals surface area contributed by atoms with Crippen molar-refractivity contribution in [2.75, 3.05) is 25.1 Å². The Morgan fingerprint density at radius 2 is 1.90 bits per heavy atom. The van der Waals surface area contributed by atoms with Crippen LogP contribution in [0, 0.1) is 13.8 Å². The van der Waals surface area contributed by atoms with Crippen molar-refractivity contribution in [1.82, 2.24) is 20.6 Å². The molecule has 0 aliphatic carbocycles. The number of carbonyl (C=O) groups excluding carboxylic acids is 3. The van der Waals surface area contributed by atoms with Crippen molar-refractivity contribution in [2.45, 2.75) is 37.8 Å². The van der Waals surface area contributed by atoms with Crippen molar-refractivity contribution in [3.05, 3.63) is 34.9 Å². The molecule has 0 spiro atoms. The van der Waals surface area contributed by atoms with Crippen LogP contribution in [0.1, 0.15) is 34.3 Å². The van der Waals surface area contributed by atoms with Crippen LogP contribution in [-0.4, -0.2) is 53.2 Å². The van der Waals surface area contributed by atoms with Gasteiger partial charge in [0.25, 0.3) is 5.91 Å². The minimum Gasteiger partial charge on any atom is -0.467 e. The highest BCUT2D eigenvalue weighted by Crippen LogP contribution is 2.29. The van der Waals surface area contributed by atoms with Crippen LogP contribution < -0.4 is 16.4 Å². The molecule has 2 heterocycles. The number of benzene rings is 1. The second kappa shape index (κ2) is 9.78. The number of nitrogen functional groups attached to an aromatic ring is 1. The zero-order valence-electron chi connectivity index (χ0n) is 17.7. The van der Waals surface area contributed by atoms with Gasteiger partial charge in [-0.2, -0.15) is 0 Å². The third-order valence-electron chi connectivity index (χ3n) is 4.94. The number of aryl methyl sites for hydroxylation is 2. The highest BCUT2D eigenvalue weighted by molar-refractivity contribution is 7.99. The molecule has 1 atom stereocenters. The van der Waals surface area contributed by atoms with Gasteiger partial charge in [-0.15, -0.1) is 11.8 Å². The Bertz CT molecular complexity index is 1030. The number of amides is 2. The Morgan fingerprint density at radius 3 is 2.65 bits per heavy atom. The summed E-state index contributed by atoms with van der Waals surface area (Å²) in [5.74, 6) is -0.519. The Morgan fingerprint density at radius 1 is 1.16 bits per heavy atom. The third kappa shape index (κ3) is 5.52. The van der Waals surface area contributed by atoms with Crippen molar-refractivity contribution in [3.8, 4) is 11.3 Å². The number of methoxy groups -OCH3 is 1. The average Bonchev–Trinajstić information content (AvgIpc) is 2.71. The Labute approximate surface area is 184 Å². The first-order valence-electron chi connectivity index (χ1n) is 9.83. The molecule has 1 aliphatic rings. The lowest BCUT2D eigenvalue weighted by Gasteiger charge is -2.19. The number of hydrogen-bond donors (Lipinski definition) is 3. The third-order valence-corrected chi connectivity index (χ3v) is 5.85. The van der Waals surface area contributed by atoms with Crippen LogP contribution >= 0.6 is 11.8 Å². The van der Waals surface area contributed by atoms with E-state index in [0.717, 1.165) is 16.7 Å². The van der Waals surface area contributed by atoms with Crippen LogP contribution in [-0.2, 0) is 14.3 Å². The molecular weight excluding hydrogens is 418 g/mol. The van der Waals surface area contributed by atoms with Crippen LogP contribution in [0.15, 0.2) is 23.2 Å². The number of ether oxygens (including phenoxy) is 1. The molecule has 0 radical (unpaired) electrons. The van der Waals surface area contributed by atoms with Crippen molar-refractivity contribution < 1.29 is 19.1 Å². The van der Waals surface area contributed by atoms with E-state index in [1.54, 1.807) is 12.1 Å². The number of carbonyl (C=O) groups is 3. The number of nitrogens with one attached hydrogen (secondary N) is 2. The van der Waals surface area contributed by atoms with Crippen LogP contribution in [0.4, 0.5) is 5.95 Å². The number of nitrogens with two attached hydrogens (primary N) is 1. The molecule has 10 heteroatoms. The molecule has 4 N–H and O–H groups in total. The van der Waals surface area contributed by atoms with E-state index < -0.39 is 17.9 Å². The smallest absolute Gasteiger partial charge is 0.328 e. The summed E-state index contributed by atoms with van der Waals surface area (Å²) in [6, 6.07) is 4.55. The van der Waals surface area contributed by atoms with Crippen molar-refractivity contribution in [2.24, 2.45) is 0 Å². The summed E-state index contributed by atoms with van der Waals surface area (Å²) in [7, 11) is 1.26. The van der Waals surface area contributed by atoms with E-state index in [1.807, 2.05) is 19.9 Å². The summed E-state index contributed by atoms with van der Waals surface area (Å²) in [5.41, 5.74) is 9.33. The normalized spacial score (nSPS) is 17.5. The molecule has 2 aromatic rings. The predicted molar refractivity (Wildman–Crippen MR) is 118 cm³/mol. The van der Waals surface area contributed by atoms with E-state index in [-0.39, 0.29) is 31.2 Å². The fourth-order valence-electron chi connectivity index (χ4n) is 3.35. The molecule has 31 heavy (non-hydrogen) atoms. The van der Waals surface area contributed by atoms with Gasteiger partial charge in [-0.3, -0.25) is 9.59 Å². The second-order valence-electron chi connectivity index (χ2n) is 7.22. The molecule has 9 nitrogen and oxygen atoms in total. The molecule has 3 rings (SSSR count). The van der Waals surface area contributed by atoms with E-state index >= 15 is 0 Å². The second-order valence-corrected chi connectivity index (χ2v) is 8.33. The first-order valence-corrected chi connectivity index (χ1v) is 10.8. The van der Waals surface area contributed by atoms with Gasteiger partial charge < -0.3 is 21.1 Å². The fraction of sp³-hybridized carbons (Fsp3) is 0.381. The lowest BCUT2D eigenvalue weighted by Crippen LogP contribution is -2.44. The van der Waals surface area contributed by atoms with Gasteiger partial charge in [0.05, 0.1) is 12.8 Å². The topological polar surface area (TPSA) is 136 Å². The molecule has 164 valence electrons. The van der Waals surface area contributed by atoms with Gasteiger partial charge in [0, 0.05) is 29.8 Å². The van der Waals surface area contributed by atoms with Crippen LogP contribution in [0.5, 0.6) is 0 Å². The van der Waals surface area contributed by atoms with Gasteiger partial charge in [-0.05, 0) is 43.5 Å². The molecule has 0 fully saturated rings. The van der Waals surface area contributed by atoms with Gasteiger partial charge in [-0.1, -0.05) is 6.07 Å². The molecule has 1 aliphatic heterocycles. The van der Waals surface area contributed by atoms with Gasteiger partial charge in [-0.25, -0.2) is 14.8 Å². The number of fused-ring (bicyclic) bond motifs is 5. The monoisotopic (exact) mass is 443 g/mol. The van der Waals surface area contributed by atoms with Crippen LogP contribution in [0.25, 0.3) is 11.3 Å². The maximum Gasteiger partial charge on any atom is 0.328 e. The highest BCUT2D eigenvalue weighted by Gasteiger charge is 2.24. The number of nitrogens with zero attached hydrogens (tertiary/aromatic N) is 2. The minimum absolute atomic E-state index is 0.113. The zero-order valence-corrected chi connectivity index (χ0v) is 18.5. The van der Waals surface area contributed by atoms with Crippen molar-refractivity contribution >= 4 is 35.5 Å². The Hall–Kier alpha value is -3.14. The number of anilines is 1. The number of hydrogen-bond acceptors (Lipinski definition) is 8. The minimum atomic E-state index is -0.884. The molecule has 1 unspecified atom stereocenters.